The normalized spacial score (nSPS) is 21.2. The lowest BCUT2D eigenvalue weighted by molar-refractivity contribution is 0.0697. The second-order valence-corrected chi connectivity index (χ2v) is 6.55. The molecular weight excluding hydrogens is 238 g/mol. The summed E-state index contributed by atoms with van der Waals surface area (Å²) in [5.74, 6) is -0.865. The van der Waals surface area contributed by atoms with Crippen molar-refractivity contribution < 1.29 is 9.90 Å². The highest BCUT2D eigenvalue weighted by atomic mass is 16.4. The van der Waals surface area contributed by atoms with E-state index in [1.807, 2.05) is 12.1 Å². The van der Waals surface area contributed by atoms with Crippen LogP contribution in [0, 0.1) is 5.41 Å². The minimum Gasteiger partial charge on any atom is -0.478 e. The maximum absolute atomic E-state index is 11.1. The summed E-state index contributed by atoms with van der Waals surface area (Å²) in [5.41, 5.74) is 1.60. The molecule has 1 fully saturated rings. The Labute approximate surface area is 115 Å². The van der Waals surface area contributed by atoms with Gasteiger partial charge in [0.15, 0.2) is 0 Å². The van der Waals surface area contributed by atoms with Gasteiger partial charge in [-0.15, -0.1) is 0 Å². The van der Waals surface area contributed by atoms with Crippen LogP contribution in [0.25, 0.3) is 0 Å². The third kappa shape index (κ3) is 2.34. The molecule has 0 saturated carbocycles. The Morgan fingerprint density at radius 2 is 1.95 bits per heavy atom. The molecule has 0 unspecified atom stereocenters. The van der Waals surface area contributed by atoms with E-state index in [0.29, 0.717) is 5.56 Å². The zero-order chi connectivity index (χ0) is 14.3. The fourth-order valence-electron chi connectivity index (χ4n) is 2.89. The minimum absolute atomic E-state index is 0.0162. The first-order chi connectivity index (χ1) is 8.75. The average Bonchev–Trinajstić information content (AvgIpc) is 2.33. The van der Waals surface area contributed by atoms with Crippen molar-refractivity contribution in [3.8, 4) is 0 Å². The van der Waals surface area contributed by atoms with Gasteiger partial charge < -0.3 is 10.0 Å². The van der Waals surface area contributed by atoms with Gasteiger partial charge in [0, 0.05) is 17.8 Å². The number of rotatable bonds is 2. The monoisotopic (exact) mass is 261 g/mol. The third-order valence-corrected chi connectivity index (χ3v) is 4.92. The molecule has 1 heterocycles. The topological polar surface area (TPSA) is 40.5 Å². The van der Waals surface area contributed by atoms with E-state index in [1.165, 1.54) is 6.42 Å². The second-order valence-electron chi connectivity index (χ2n) is 6.55. The Kier molecular flexibility index (Phi) is 3.33. The van der Waals surface area contributed by atoms with Crippen molar-refractivity contribution in [3.05, 3.63) is 29.8 Å². The molecule has 1 aromatic rings. The quantitative estimate of drug-likeness (QED) is 0.880. The molecule has 0 radical (unpaired) electrons. The van der Waals surface area contributed by atoms with Crippen LogP contribution in [0.1, 0.15) is 50.9 Å². The third-order valence-electron chi connectivity index (χ3n) is 4.92. The van der Waals surface area contributed by atoms with Crippen LogP contribution in [-0.4, -0.2) is 23.2 Å². The van der Waals surface area contributed by atoms with E-state index >= 15 is 0 Å². The van der Waals surface area contributed by atoms with Crippen molar-refractivity contribution >= 4 is 11.7 Å². The molecule has 1 aliphatic heterocycles. The number of anilines is 1. The molecule has 0 aliphatic carbocycles. The number of hydrogen-bond acceptors (Lipinski definition) is 2. The van der Waals surface area contributed by atoms with Crippen molar-refractivity contribution in [3.63, 3.8) is 0 Å². The van der Waals surface area contributed by atoms with E-state index in [4.69, 9.17) is 5.11 Å². The summed E-state index contributed by atoms with van der Waals surface area (Å²) in [5, 5.41) is 9.12. The van der Waals surface area contributed by atoms with Gasteiger partial charge in [0.25, 0.3) is 0 Å². The number of hydrogen-bond donors (Lipinski definition) is 1. The van der Waals surface area contributed by atoms with Gasteiger partial charge in [-0.2, -0.15) is 0 Å². The van der Waals surface area contributed by atoms with Gasteiger partial charge in [-0.3, -0.25) is 0 Å². The van der Waals surface area contributed by atoms with Gasteiger partial charge in [-0.1, -0.05) is 19.9 Å². The molecule has 0 atom stereocenters. The zero-order valence-corrected chi connectivity index (χ0v) is 12.2. The highest BCUT2D eigenvalue weighted by molar-refractivity contribution is 5.88. The molecule has 0 spiro atoms. The van der Waals surface area contributed by atoms with Gasteiger partial charge in [-0.25, -0.2) is 4.79 Å². The smallest absolute Gasteiger partial charge is 0.335 e. The first-order valence-corrected chi connectivity index (χ1v) is 6.87. The molecular formula is C16H23NO2. The summed E-state index contributed by atoms with van der Waals surface area (Å²) in [6.45, 7) is 10.1. The predicted molar refractivity (Wildman–Crippen MR) is 77.8 cm³/mol. The van der Waals surface area contributed by atoms with Crippen molar-refractivity contribution in [2.24, 2.45) is 5.41 Å². The summed E-state index contributed by atoms with van der Waals surface area (Å²) in [7, 11) is 0. The molecule has 2 rings (SSSR count). The molecule has 0 amide bonds. The number of carbonyl (C=O) groups is 1. The Morgan fingerprint density at radius 1 is 1.26 bits per heavy atom. The van der Waals surface area contributed by atoms with Crippen molar-refractivity contribution in [2.45, 2.75) is 46.1 Å². The molecule has 1 saturated heterocycles. The Morgan fingerprint density at radius 3 is 2.58 bits per heavy atom. The number of nitrogens with zero attached hydrogens (tertiary/aromatic N) is 1. The lowest BCUT2D eigenvalue weighted by Crippen LogP contribution is -2.58. The number of benzene rings is 1. The molecule has 0 bridgehead atoms. The Bertz CT molecular complexity index is 491. The fraction of sp³-hybridized carbons (Fsp3) is 0.562. The van der Waals surface area contributed by atoms with Crippen molar-refractivity contribution in [1.82, 2.24) is 0 Å². The molecule has 3 nitrogen and oxygen atoms in total. The molecule has 3 heteroatoms. The van der Waals surface area contributed by atoms with Crippen LogP contribution in [-0.2, 0) is 0 Å². The van der Waals surface area contributed by atoms with Gasteiger partial charge in [0.05, 0.1) is 5.56 Å². The zero-order valence-electron chi connectivity index (χ0n) is 12.2. The largest absolute Gasteiger partial charge is 0.478 e. The SMILES string of the molecule is CC1(C)CCCN(c2cccc(C(=O)O)c2)C1(C)C. The van der Waals surface area contributed by atoms with E-state index in [-0.39, 0.29) is 11.0 Å². The van der Waals surface area contributed by atoms with Crippen LogP contribution >= 0.6 is 0 Å². The molecule has 104 valence electrons. The summed E-state index contributed by atoms with van der Waals surface area (Å²) < 4.78 is 0. The number of piperidine rings is 1. The predicted octanol–water partition coefficient (Wildman–Crippen LogP) is 3.79. The van der Waals surface area contributed by atoms with Gasteiger partial charge in [-0.05, 0) is 50.3 Å². The van der Waals surface area contributed by atoms with Crippen LogP contribution in [0.5, 0.6) is 0 Å². The van der Waals surface area contributed by atoms with E-state index in [9.17, 15) is 4.79 Å². The highest BCUT2D eigenvalue weighted by Gasteiger charge is 2.44. The molecule has 1 aliphatic rings. The van der Waals surface area contributed by atoms with E-state index in [2.05, 4.69) is 32.6 Å². The van der Waals surface area contributed by atoms with Gasteiger partial charge >= 0.3 is 5.97 Å². The Balaban J connectivity index is 2.40. The number of carboxylic acids is 1. The van der Waals surface area contributed by atoms with Crippen LogP contribution in [0.3, 0.4) is 0 Å². The van der Waals surface area contributed by atoms with Gasteiger partial charge in [0.2, 0.25) is 0 Å². The standard InChI is InChI=1S/C16H23NO2/c1-15(2)9-6-10-17(16(15,3)4)13-8-5-7-12(11-13)14(18)19/h5,7-8,11H,6,9-10H2,1-4H3,(H,18,19). The highest BCUT2D eigenvalue weighted by Crippen LogP contribution is 2.45. The summed E-state index contributed by atoms with van der Waals surface area (Å²) in [4.78, 5) is 13.5. The van der Waals surface area contributed by atoms with Crippen molar-refractivity contribution in [1.29, 1.82) is 0 Å². The van der Waals surface area contributed by atoms with Gasteiger partial charge in [0.1, 0.15) is 0 Å². The molecule has 0 aromatic heterocycles. The fourth-order valence-corrected chi connectivity index (χ4v) is 2.89. The summed E-state index contributed by atoms with van der Waals surface area (Å²) in [6.07, 6.45) is 2.35. The van der Waals surface area contributed by atoms with Crippen LogP contribution in [0.15, 0.2) is 24.3 Å². The van der Waals surface area contributed by atoms with Crippen molar-refractivity contribution in [2.75, 3.05) is 11.4 Å². The lowest BCUT2D eigenvalue weighted by Gasteiger charge is -2.54. The maximum atomic E-state index is 11.1. The average molecular weight is 261 g/mol. The van der Waals surface area contributed by atoms with Crippen LogP contribution in [0.2, 0.25) is 0 Å². The van der Waals surface area contributed by atoms with Crippen LogP contribution < -0.4 is 4.90 Å². The minimum atomic E-state index is -0.865. The molecule has 1 aromatic carbocycles. The second kappa shape index (κ2) is 4.55. The Hall–Kier alpha value is -1.51. The van der Waals surface area contributed by atoms with E-state index in [1.54, 1.807) is 12.1 Å². The van der Waals surface area contributed by atoms with E-state index in [0.717, 1.165) is 18.7 Å². The number of aromatic carboxylic acids is 1. The summed E-state index contributed by atoms with van der Waals surface area (Å²) in [6, 6.07) is 7.27. The first-order valence-electron chi connectivity index (χ1n) is 6.87. The van der Waals surface area contributed by atoms with Crippen LogP contribution in [0.4, 0.5) is 5.69 Å². The molecule has 1 N–H and O–H groups in total. The lowest BCUT2D eigenvalue weighted by atomic mass is 9.68. The summed E-state index contributed by atoms with van der Waals surface area (Å²) >= 11 is 0. The van der Waals surface area contributed by atoms with E-state index < -0.39 is 5.97 Å². The first kappa shape index (κ1) is 13.9. The number of carboxylic acid groups (broad SMARTS) is 1. The molecule has 19 heavy (non-hydrogen) atoms. The maximum Gasteiger partial charge on any atom is 0.335 e.